The average Bonchev–Trinajstić information content (AvgIpc) is 2.28. The number of amides is 1. The van der Waals surface area contributed by atoms with Crippen LogP contribution in [0.4, 0.5) is 0 Å². The molecule has 3 unspecified atom stereocenters. The molecular formula is C12H24N2O3. The Bertz CT molecular complexity index is 248. The largest absolute Gasteiger partial charge is 0.389 e. The van der Waals surface area contributed by atoms with E-state index < -0.39 is 6.10 Å². The molecule has 0 radical (unpaired) electrons. The lowest BCUT2D eigenvalue weighted by molar-refractivity contribution is -0.134. The van der Waals surface area contributed by atoms with Crippen LogP contribution in [0, 0.1) is 0 Å². The summed E-state index contributed by atoms with van der Waals surface area (Å²) in [5.74, 6) is 0.0618. The van der Waals surface area contributed by atoms with Crippen LogP contribution in [-0.4, -0.2) is 61.4 Å². The van der Waals surface area contributed by atoms with Crippen molar-refractivity contribution in [2.75, 3.05) is 27.3 Å². The van der Waals surface area contributed by atoms with Crippen LogP contribution in [0.2, 0.25) is 0 Å². The van der Waals surface area contributed by atoms with Crippen molar-refractivity contribution >= 4 is 5.91 Å². The molecule has 5 nitrogen and oxygen atoms in total. The molecule has 2 N–H and O–H groups in total. The van der Waals surface area contributed by atoms with E-state index in [1.165, 1.54) is 7.11 Å². The number of likely N-dealkylation sites (N-methyl/N-ethyl adjacent to an activating group) is 1. The highest BCUT2D eigenvalue weighted by atomic mass is 16.5. The highest BCUT2D eigenvalue weighted by molar-refractivity contribution is 5.81. The predicted octanol–water partition coefficient (Wildman–Crippen LogP) is -0.0173. The molecule has 0 spiro atoms. The van der Waals surface area contributed by atoms with E-state index >= 15 is 0 Å². The molecule has 1 amide bonds. The van der Waals surface area contributed by atoms with Crippen molar-refractivity contribution in [1.29, 1.82) is 0 Å². The maximum absolute atomic E-state index is 12.1. The summed E-state index contributed by atoms with van der Waals surface area (Å²) in [6, 6.07) is 0.300. The van der Waals surface area contributed by atoms with Gasteiger partial charge in [0, 0.05) is 26.7 Å². The highest BCUT2D eigenvalue weighted by Gasteiger charge is 2.27. The molecule has 0 aliphatic carbocycles. The lowest BCUT2D eigenvalue weighted by atomic mass is 9.99. The van der Waals surface area contributed by atoms with Crippen molar-refractivity contribution in [1.82, 2.24) is 10.2 Å². The van der Waals surface area contributed by atoms with Gasteiger partial charge >= 0.3 is 0 Å². The summed E-state index contributed by atoms with van der Waals surface area (Å²) in [6.07, 6.45) is 2.47. The fourth-order valence-electron chi connectivity index (χ4n) is 2.25. The first-order valence-electron chi connectivity index (χ1n) is 6.22. The summed E-state index contributed by atoms with van der Waals surface area (Å²) in [5.41, 5.74) is 0. The lowest BCUT2D eigenvalue weighted by Gasteiger charge is -2.31. The number of aliphatic hydroxyl groups is 1. The Balaban J connectivity index is 2.39. The van der Waals surface area contributed by atoms with E-state index in [1.54, 1.807) is 11.9 Å². The Labute approximate surface area is 103 Å². The molecule has 0 aromatic carbocycles. The van der Waals surface area contributed by atoms with Crippen molar-refractivity contribution in [3.8, 4) is 0 Å². The molecular weight excluding hydrogens is 220 g/mol. The van der Waals surface area contributed by atoms with Crippen LogP contribution in [0.25, 0.3) is 0 Å². The maximum atomic E-state index is 12.1. The number of rotatable bonds is 5. The van der Waals surface area contributed by atoms with E-state index in [-0.39, 0.29) is 18.6 Å². The Hall–Kier alpha value is -0.650. The number of carbonyl (C=O) groups excluding carboxylic acids is 1. The third kappa shape index (κ3) is 4.61. The second-order valence-corrected chi connectivity index (χ2v) is 4.88. The van der Waals surface area contributed by atoms with E-state index in [2.05, 4.69) is 12.2 Å². The molecule has 3 atom stereocenters. The van der Waals surface area contributed by atoms with Gasteiger partial charge in [-0.3, -0.25) is 4.79 Å². The summed E-state index contributed by atoms with van der Waals surface area (Å²) >= 11 is 0. The molecule has 17 heavy (non-hydrogen) atoms. The summed E-state index contributed by atoms with van der Waals surface area (Å²) in [4.78, 5) is 13.7. The van der Waals surface area contributed by atoms with E-state index in [4.69, 9.17) is 4.74 Å². The number of ether oxygens (including phenoxy) is 1. The standard InChI is InChI=1S/C12H24N2O3/c1-9-5-4-6-11(13-9)12(16)14(2)7-10(15)8-17-3/h9-11,13,15H,4-8H2,1-3H3. The Kier molecular flexibility index (Phi) is 5.88. The van der Waals surface area contributed by atoms with Crippen LogP contribution in [-0.2, 0) is 9.53 Å². The minimum Gasteiger partial charge on any atom is -0.389 e. The summed E-state index contributed by atoms with van der Waals surface area (Å²) in [6.45, 7) is 2.67. The molecule has 1 aliphatic rings. The molecule has 0 aromatic heterocycles. The van der Waals surface area contributed by atoms with Crippen molar-refractivity contribution in [3.63, 3.8) is 0 Å². The van der Waals surface area contributed by atoms with Gasteiger partial charge in [0.25, 0.3) is 0 Å². The lowest BCUT2D eigenvalue weighted by Crippen LogP contribution is -2.51. The zero-order valence-electron chi connectivity index (χ0n) is 11.0. The van der Waals surface area contributed by atoms with Crippen LogP contribution in [0.1, 0.15) is 26.2 Å². The molecule has 1 aliphatic heterocycles. The van der Waals surface area contributed by atoms with Crippen LogP contribution in [0.15, 0.2) is 0 Å². The van der Waals surface area contributed by atoms with E-state index in [9.17, 15) is 9.90 Å². The van der Waals surface area contributed by atoms with Gasteiger partial charge in [0.2, 0.25) is 5.91 Å². The number of nitrogens with one attached hydrogen (secondary N) is 1. The van der Waals surface area contributed by atoms with Gasteiger partial charge in [0.05, 0.1) is 18.8 Å². The van der Waals surface area contributed by atoms with Gasteiger partial charge < -0.3 is 20.1 Å². The fraction of sp³-hybridized carbons (Fsp3) is 0.917. The van der Waals surface area contributed by atoms with Gasteiger partial charge in [-0.05, 0) is 26.2 Å². The van der Waals surface area contributed by atoms with Crippen molar-refractivity contribution in [2.45, 2.75) is 44.4 Å². The van der Waals surface area contributed by atoms with Gasteiger partial charge in [-0.25, -0.2) is 0 Å². The molecule has 5 heteroatoms. The van der Waals surface area contributed by atoms with E-state index in [0.717, 1.165) is 19.3 Å². The third-order valence-corrected chi connectivity index (χ3v) is 3.13. The number of hydrogen-bond acceptors (Lipinski definition) is 4. The van der Waals surface area contributed by atoms with Crippen LogP contribution in [0.5, 0.6) is 0 Å². The smallest absolute Gasteiger partial charge is 0.239 e. The van der Waals surface area contributed by atoms with Crippen LogP contribution in [0.3, 0.4) is 0 Å². The monoisotopic (exact) mass is 244 g/mol. The average molecular weight is 244 g/mol. The summed E-state index contributed by atoms with van der Waals surface area (Å²) < 4.78 is 4.84. The number of nitrogens with zero attached hydrogens (tertiary/aromatic N) is 1. The summed E-state index contributed by atoms with van der Waals surface area (Å²) in [5, 5.41) is 12.9. The normalized spacial score (nSPS) is 26.6. The first kappa shape index (κ1) is 14.4. The second kappa shape index (κ2) is 6.93. The minimum absolute atomic E-state index is 0.0618. The van der Waals surface area contributed by atoms with Crippen LogP contribution >= 0.6 is 0 Å². The van der Waals surface area contributed by atoms with Gasteiger partial charge in [0.15, 0.2) is 0 Å². The first-order chi connectivity index (χ1) is 8.04. The SMILES string of the molecule is COCC(O)CN(C)C(=O)C1CCCC(C)N1. The molecule has 1 rings (SSSR count). The molecule has 1 fully saturated rings. The van der Waals surface area contributed by atoms with Crippen molar-refractivity contribution in [3.05, 3.63) is 0 Å². The van der Waals surface area contributed by atoms with Crippen LogP contribution < -0.4 is 5.32 Å². The maximum Gasteiger partial charge on any atom is 0.239 e. The van der Waals surface area contributed by atoms with Crippen molar-refractivity contribution in [2.24, 2.45) is 0 Å². The number of piperidine rings is 1. The van der Waals surface area contributed by atoms with Gasteiger partial charge in [-0.15, -0.1) is 0 Å². The van der Waals surface area contributed by atoms with Gasteiger partial charge in [-0.2, -0.15) is 0 Å². The number of aliphatic hydroxyl groups excluding tert-OH is 1. The topological polar surface area (TPSA) is 61.8 Å². The summed E-state index contributed by atoms with van der Waals surface area (Å²) in [7, 11) is 3.26. The third-order valence-electron chi connectivity index (χ3n) is 3.13. The number of hydrogen-bond donors (Lipinski definition) is 2. The molecule has 1 heterocycles. The van der Waals surface area contributed by atoms with Gasteiger partial charge in [0.1, 0.15) is 0 Å². The Morgan fingerprint density at radius 2 is 2.29 bits per heavy atom. The molecule has 1 saturated heterocycles. The van der Waals surface area contributed by atoms with E-state index in [0.29, 0.717) is 12.6 Å². The Morgan fingerprint density at radius 3 is 2.88 bits per heavy atom. The quantitative estimate of drug-likeness (QED) is 0.713. The molecule has 0 bridgehead atoms. The minimum atomic E-state index is -0.616. The molecule has 100 valence electrons. The Morgan fingerprint density at radius 1 is 1.59 bits per heavy atom. The highest BCUT2D eigenvalue weighted by Crippen LogP contribution is 2.13. The molecule has 0 saturated carbocycles. The fourth-order valence-corrected chi connectivity index (χ4v) is 2.25. The predicted molar refractivity (Wildman–Crippen MR) is 65.8 cm³/mol. The van der Waals surface area contributed by atoms with Gasteiger partial charge in [-0.1, -0.05) is 0 Å². The number of carbonyl (C=O) groups is 1. The van der Waals surface area contributed by atoms with E-state index in [1.807, 2.05) is 0 Å². The van der Waals surface area contributed by atoms with Crippen molar-refractivity contribution < 1.29 is 14.6 Å². The number of methoxy groups -OCH3 is 1. The first-order valence-corrected chi connectivity index (χ1v) is 6.22. The molecule has 0 aromatic rings. The zero-order chi connectivity index (χ0) is 12.8. The zero-order valence-corrected chi connectivity index (χ0v) is 11.0. The second-order valence-electron chi connectivity index (χ2n) is 4.88.